The number of carbonyl (C=O) groups is 2. The molecule has 0 aromatic heterocycles. The van der Waals surface area contributed by atoms with Gasteiger partial charge in [-0.25, -0.2) is 8.42 Å². The van der Waals surface area contributed by atoms with E-state index in [9.17, 15) is 18.0 Å². The number of carboxylic acids is 1. The quantitative estimate of drug-likeness (QED) is 0.633. The minimum absolute atomic E-state index is 0.00123. The molecule has 0 radical (unpaired) electrons. The highest BCUT2D eigenvalue weighted by molar-refractivity contribution is 7.91. The Balaban J connectivity index is 4.61. The van der Waals surface area contributed by atoms with Crippen molar-refractivity contribution in [1.82, 2.24) is 5.32 Å². The molecule has 7 heteroatoms. The Morgan fingerprint density at radius 3 is 2.24 bits per heavy atom. The molecule has 0 aliphatic rings. The molecule has 1 unspecified atom stereocenters. The highest BCUT2D eigenvalue weighted by atomic mass is 32.2. The maximum absolute atomic E-state index is 11.5. The van der Waals surface area contributed by atoms with E-state index >= 15 is 0 Å². The standard InChI is InChI=1S/C10H19NO5S/c1-4-17(15,16)7-5-6-10(2,9(13)14)8(12)11-3/h4-7H2,1-3H3,(H,11,12)(H,13,14). The van der Waals surface area contributed by atoms with Gasteiger partial charge in [0.2, 0.25) is 5.91 Å². The van der Waals surface area contributed by atoms with Gasteiger partial charge in [-0.05, 0) is 19.8 Å². The SMILES string of the molecule is CCS(=O)(=O)CCCC(C)(C(=O)O)C(=O)NC. The van der Waals surface area contributed by atoms with Crippen LogP contribution in [0.2, 0.25) is 0 Å². The van der Waals surface area contributed by atoms with Crippen LogP contribution < -0.4 is 5.32 Å². The van der Waals surface area contributed by atoms with E-state index < -0.39 is 27.1 Å². The van der Waals surface area contributed by atoms with Gasteiger partial charge < -0.3 is 10.4 Å². The fourth-order valence-electron chi connectivity index (χ4n) is 1.38. The highest BCUT2D eigenvalue weighted by Crippen LogP contribution is 2.24. The van der Waals surface area contributed by atoms with Crippen LogP contribution in [0, 0.1) is 5.41 Å². The fourth-order valence-corrected chi connectivity index (χ4v) is 2.26. The van der Waals surface area contributed by atoms with Crippen LogP contribution in [0.15, 0.2) is 0 Å². The molecule has 0 bridgehead atoms. The lowest BCUT2D eigenvalue weighted by molar-refractivity contribution is -0.155. The third-order valence-corrected chi connectivity index (χ3v) is 4.56. The van der Waals surface area contributed by atoms with E-state index in [0.717, 1.165) is 0 Å². The maximum Gasteiger partial charge on any atom is 0.318 e. The summed E-state index contributed by atoms with van der Waals surface area (Å²) in [5.41, 5.74) is -1.57. The van der Waals surface area contributed by atoms with Crippen molar-refractivity contribution in [3.8, 4) is 0 Å². The molecule has 1 atom stereocenters. The molecular weight excluding hydrogens is 246 g/mol. The first-order valence-corrected chi connectivity index (χ1v) is 7.17. The zero-order chi connectivity index (χ0) is 13.7. The molecule has 6 nitrogen and oxygen atoms in total. The molecule has 0 spiro atoms. The highest BCUT2D eigenvalue weighted by Gasteiger charge is 2.40. The van der Waals surface area contributed by atoms with Gasteiger partial charge in [-0.3, -0.25) is 9.59 Å². The number of hydrogen-bond donors (Lipinski definition) is 2. The van der Waals surface area contributed by atoms with E-state index in [2.05, 4.69) is 5.32 Å². The first kappa shape index (κ1) is 15.9. The fraction of sp³-hybridized carbons (Fsp3) is 0.800. The van der Waals surface area contributed by atoms with Crippen LogP contribution in [0.1, 0.15) is 26.7 Å². The normalized spacial score (nSPS) is 15.0. The molecule has 0 saturated heterocycles. The second-order valence-electron chi connectivity index (χ2n) is 4.06. The number of amides is 1. The second-order valence-corrected chi connectivity index (χ2v) is 6.53. The lowest BCUT2D eigenvalue weighted by Gasteiger charge is -2.22. The van der Waals surface area contributed by atoms with Crippen LogP contribution in [0.5, 0.6) is 0 Å². The van der Waals surface area contributed by atoms with Gasteiger partial charge in [0.05, 0.1) is 5.75 Å². The summed E-state index contributed by atoms with van der Waals surface area (Å²) in [5.74, 6) is -1.93. The molecule has 100 valence electrons. The Bertz CT molecular complexity index is 390. The average Bonchev–Trinajstić information content (AvgIpc) is 2.27. The number of hydrogen-bond acceptors (Lipinski definition) is 4. The van der Waals surface area contributed by atoms with Gasteiger partial charge in [0.1, 0.15) is 15.3 Å². The smallest absolute Gasteiger partial charge is 0.318 e. The van der Waals surface area contributed by atoms with Crippen LogP contribution in [0.25, 0.3) is 0 Å². The summed E-state index contributed by atoms with van der Waals surface area (Å²) in [4.78, 5) is 22.5. The number of carboxylic acid groups (broad SMARTS) is 1. The van der Waals surface area contributed by atoms with Crippen molar-refractivity contribution in [3.63, 3.8) is 0 Å². The van der Waals surface area contributed by atoms with Crippen LogP contribution in [-0.2, 0) is 19.4 Å². The summed E-state index contributed by atoms with van der Waals surface area (Å²) in [6.45, 7) is 2.83. The summed E-state index contributed by atoms with van der Waals surface area (Å²) >= 11 is 0. The Kier molecular flexibility index (Phi) is 5.60. The Labute approximate surface area is 101 Å². The van der Waals surface area contributed by atoms with Crippen molar-refractivity contribution >= 4 is 21.7 Å². The van der Waals surface area contributed by atoms with E-state index in [-0.39, 0.29) is 24.3 Å². The van der Waals surface area contributed by atoms with Crippen molar-refractivity contribution in [2.45, 2.75) is 26.7 Å². The lowest BCUT2D eigenvalue weighted by atomic mass is 9.85. The average molecular weight is 265 g/mol. The minimum atomic E-state index is -3.12. The number of aliphatic carboxylic acids is 1. The molecule has 0 heterocycles. The molecule has 0 aromatic rings. The van der Waals surface area contributed by atoms with Gasteiger partial charge in [0, 0.05) is 12.8 Å². The summed E-state index contributed by atoms with van der Waals surface area (Å²) in [6, 6.07) is 0. The Morgan fingerprint density at radius 1 is 1.35 bits per heavy atom. The summed E-state index contributed by atoms with van der Waals surface area (Å²) in [7, 11) is -1.77. The second kappa shape index (κ2) is 6.00. The molecule has 2 N–H and O–H groups in total. The maximum atomic E-state index is 11.5. The minimum Gasteiger partial charge on any atom is -0.480 e. The zero-order valence-electron chi connectivity index (χ0n) is 10.3. The lowest BCUT2D eigenvalue weighted by Crippen LogP contribution is -2.43. The Hall–Kier alpha value is -1.11. The molecule has 0 aromatic carbocycles. The van der Waals surface area contributed by atoms with Gasteiger partial charge in [0.15, 0.2) is 0 Å². The largest absolute Gasteiger partial charge is 0.480 e. The van der Waals surface area contributed by atoms with Gasteiger partial charge in [-0.15, -0.1) is 0 Å². The third kappa shape index (κ3) is 4.33. The van der Waals surface area contributed by atoms with E-state index in [4.69, 9.17) is 5.11 Å². The van der Waals surface area contributed by atoms with Crippen molar-refractivity contribution in [2.75, 3.05) is 18.6 Å². The topological polar surface area (TPSA) is 101 Å². The van der Waals surface area contributed by atoms with E-state index in [0.29, 0.717) is 0 Å². The van der Waals surface area contributed by atoms with Crippen molar-refractivity contribution in [3.05, 3.63) is 0 Å². The predicted molar refractivity (Wildman–Crippen MR) is 63.4 cm³/mol. The monoisotopic (exact) mass is 265 g/mol. The summed E-state index contributed by atoms with van der Waals surface area (Å²) in [5, 5.41) is 11.3. The molecule has 0 aliphatic carbocycles. The number of carbonyl (C=O) groups excluding carboxylic acids is 1. The van der Waals surface area contributed by atoms with E-state index in [1.807, 2.05) is 0 Å². The first-order valence-electron chi connectivity index (χ1n) is 5.35. The molecule has 0 aliphatic heterocycles. The molecule has 0 fully saturated rings. The molecule has 1 amide bonds. The molecule has 0 saturated carbocycles. The van der Waals surface area contributed by atoms with Gasteiger partial charge in [-0.2, -0.15) is 0 Å². The number of rotatable bonds is 7. The van der Waals surface area contributed by atoms with Crippen molar-refractivity contribution in [1.29, 1.82) is 0 Å². The van der Waals surface area contributed by atoms with Crippen LogP contribution in [-0.4, -0.2) is 44.0 Å². The van der Waals surface area contributed by atoms with Gasteiger partial charge >= 0.3 is 5.97 Å². The summed E-state index contributed by atoms with van der Waals surface area (Å²) < 4.78 is 22.5. The van der Waals surface area contributed by atoms with E-state index in [1.165, 1.54) is 20.9 Å². The van der Waals surface area contributed by atoms with Crippen LogP contribution in [0.3, 0.4) is 0 Å². The van der Waals surface area contributed by atoms with Crippen molar-refractivity contribution < 1.29 is 23.1 Å². The molecule has 0 rings (SSSR count). The number of sulfone groups is 1. The van der Waals surface area contributed by atoms with E-state index in [1.54, 1.807) is 0 Å². The number of nitrogens with one attached hydrogen (secondary N) is 1. The zero-order valence-corrected chi connectivity index (χ0v) is 11.1. The summed E-state index contributed by atoms with van der Waals surface area (Å²) in [6.07, 6.45) is 0.160. The van der Waals surface area contributed by atoms with Crippen LogP contribution in [0.4, 0.5) is 0 Å². The molecular formula is C10H19NO5S. The Morgan fingerprint density at radius 2 is 1.88 bits per heavy atom. The third-order valence-electron chi connectivity index (χ3n) is 2.77. The van der Waals surface area contributed by atoms with Crippen molar-refractivity contribution in [2.24, 2.45) is 5.41 Å². The van der Waals surface area contributed by atoms with Gasteiger partial charge in [-0.1, -0.05) is 6.92 Å². The van der Waals surface area contributed by atoms with Crippen LogP contribution >= 0.6 is 0 Å². The van der Waals surface area contributed by atoms with Gasteiger partial charge in [0.25, 0.3) is 0 Å². The predicted octanol–water partition coefficient (Wildman–Crippen LogP) is 0.0382. The molecule has 17 heavy (non-hydrogen) atoms. The first-order chi connectivity index (χ1) is 7.69.